The van der Waals surface area contributed by atoms with Gasteiger partial charge < -0.3 is 9.84 Å². The monoisotopic (exact) mass is 592 g/mol. The third-order valence-electron chi connectivity index (χ3n) is 12.0. The van der Waals surface area contributed by atoms with Gasteiger partial charge in [-0.15, -0.1) is 0 Å². The molecule has 3 saturated carbocycles. The average molecular weight is 593 g/mol. The van der Waals surface area contributed by atoms with Gasteiger partial charge in [0.05, 0.1) is 11.2 Å². The number of alkyl halides is 3. The Morgan fingerprint density at radius 2 is 1.79 bits per heavy atom. The molecular formula is C36H55F3O3. The largest absolute Gasteiger partial charge is 0.449 e. The summed E-state index contributed by atoms with van der Waals surface area (Å²) in [4.78, 5) is 12.3. The first-order valence-electron chi connectivity index (χ1n) is 16.9. The molecule has 1 aromatic rings. The van der Waals surface area contributed by atoms with E-state index in [0.29, 0.717) is 30.1 Å². The summed E-state index contributed by atoms with van der Waals surface area (Å²) in [5, 5.41) is 11.2. The van der Waals surface area contributed by atoms with E-state index in [1.165, 1.54) is 57.1 Å². The molecular weight excluding hydrogens is 537 g/mol. The summed E-state index contributed by atoms with van der Waals surface area (Å²) in [6, 6.07) is 7.92. The lowest BCUT2D eigenvalue weighted by molar-refractivity contribution is -0.206. The minimum absolute atomic E-state index is 0.146. The molecule has 238 valence electrons. The predicted octanol–water partition coefficient (Wildman–Crippen LogP) is 10.2. The molecule has 3 aliphatic carbocycles. The first kappa shape index (κ1) is 33.3. The molecule has 0 aliphatic heterocycles. The zero-order chi connectivity index (χ0) is 30.5. The summed E-state index contributed by atoms with van der Waals surface area (Å²) >= 11 is 0. The third-order valence-corrected chi connectivity index (χ3v) is 12.0. The highest BCUT2D eigenvalue weighted by Crippen LogP contribution is 2.64. The topological polar surface area (TPSA) is 46.5 Å². The zero-order valence-electron chi connectivity index (χ0n) is 26.4. The lowest BCUT2D eigenvalue weighted by Gasteiger charge is -2.53. The van der Waals surface area contributed by atoms with Gasteiger partial charge in [-0.05, 0) is 124 Å². The van der Waals surface area contributed by atoms with Crippen molar-refractivity contribution in [3.8, 4) is 0 Å². The quantitative estimate of drug-likeness (QED) is 0.232. The minimum atomic E-state index is -4.57. The Morgan fingerprint density at radius 1 is 1.05 bits per heavy atom. The lowest BCUT2D eigenvalue weighted by atomic mass is 9.52. The molecule has 0 radical (unpaired) electrons. The Morgan fingerprint density at radius 3 is 2.45 bits per heavy atom. The Hall–Kier alpha value is -1.56. The van der Waals surface area contributed by atoms with E-state index in [2.05, 4.69) is 27.7 Å². The third kappa shape index (κ3) is 7.74. The maximum Gasteiger partial charge on any atom is 0.425 e. The highest BCUT2D eigenvalue weighted by Gasteiger charge is 2.55. The average Bonchev–Trinajstić information content (AvgIpc) is 3.32. The molecule has 0 amide bonds. The summed E-state index contributed by atoms with van der Waals surface area (Å²) in [5.74, 6) is 2.84. The van der Waals surface area contributed by atoms with Gasteiger partial charge in [0.15, 0.2) is 6.10 Å². The molecule has 0 spiro atoms. The molecule has 0 aromatic heterocycles. The first-order chi connectivity index (χ1) is 19.9. The second-order valence-corrected chi connectivity index (χ2v) is 14.5. The van der Waals surface area contributed by atoms with Gasteiger partial charge in [0.25, 0.3) is 0 Å². The normalized spacial score (nSPS) is 32.3. The van der Waals surface area contributed by atoms with Crippen LogP contribution in [0.5, 0.6) is 0 Å². The van der Waals surface area contributed by atoms with Crippen LogP contribution >= 0.6 is 0 Å². The van der Waals surface area contributed by atoms with Crippen LogP contribution in [0.15, 0.2) is 30.3 Å². The second kappa shape index (κ2) is 14.0. The van der Waals surface area contributed by atoms with E-state index in [1.807, 2.05) is 0 Å². The number of aliphatic hydroxyl groups is 1. The van der Waals surface area contributed by atoms with Gasteiger partial charge >= 0.3 is 12.1 Å². The van der Waals surface area contributed by atoms with Crippen LogP contribution in [0.3, 0.4) is 0 Å². The SMILES string of the molecule is CCCC[C@@](O)(CC)C[C@@H]1CC[C@@H]2[C@H](CC[C@]3(C)[C@@H]([C@H](C)CCCC(OC(=O)c4ccccc4)C(F)(F)F)CC[C@@H]23)C1. The summed E-state index contributed by atoms with van der Waals surface area (Å²) in [6.07, 6.45) is 7.88. The molecule has 1 unspecified atom stereocenters. The molecule has 9 atom stereocenters. The van der Waals surface area contributed by atoms with E-state index in [9.17, 15) is 23.1 Å². The van der Waals surface area contributed by atoms with Crippen LogP contribution in [0, 0.1) is 40.9 Å². The maximum absolute atomic E-state index is 13.8. The van der Waals surface area contributed by atoms with Crippen LogP contribution in [0.1, 0.15) is 134 Å². The molecule has 1 N–H and O–H groups in total. The van der Waals surface area contributed by atoms with Crippen LogP contribution in [-0.2, 0) is 4.74 Å². The van der Waals surface area contributed by atoms with Gasteiger partial charge in [-0.25, -0.2) is 4.79 Å². The molecule has 6 heteroatoms. The Labute approximate surface area is 252 Å². The molecule has 4 rings (SSSR count). The van der Waals surface area contributed by atoms with Crippen molar-refractivity contribution in [2.24, 2.45) is 40.9 Å². The van der Waals surface area contributed by atoms with Crippen molar-refractivity contribution < 1.29 is 27.8 Å². The number of ether oxygens (including phenoxy) is 1. The standard InChI is InChI=1S/C36H55F3O3/c1-5-7-21-35(41,6-2)24-26-16-17-29-28(23-26)20-22-34(4)30(18-19-31(29)34)25(3)12-11-15-32(36(37,38)39)42-33(40)27-13-9-8-10-14-27/h8-10,13-14,25-26,28-32,41H,5-7,11-12,15-24H2,1-4H3/t25-,26-,28-,29-,30-,31+,32?,34-,35+/m1/s1. The van der Waals surface area contributed by atoms with Crippen LogP contribution < -0.4 is 0 Å². The van der Waals surface area contributed by atoms with Crippen molar-refractivity contribution in [1.29, 1.82) is 0 Å². The van der Waals surface area contributed by atoms with Crippen molar-refractivity contribution in [3.05, 3.63) is 35.9 Å². The summed E-state index contributed by atoms with van der Waals surface area (Å²) in [7, 11) is 0. The van der Waals surface area contributed by atoms with Crippen LogP contribution in [0.2, 0.25) is 0 Å². The number of esters is 1. The fraction of sp³-hybridized carbons (Fsp3) is 0.806. The summed E-state index contributed by atoms with van der Waals surface area (Å²) in [5.41, 5.74) is -0.0930. The smallest absolute Gasteiger partial charge is 0.425 e. The van der Waals surface area contributed by atoms with Crippen molar-refractivity contribution in [2.45, 2.75) is 142 Å². The number of hydrogen-bond donors (Lipinski definition) is 1. The molecule has 42 heavy (non-hydrogen) atoms. The van der Waals surface area contributed by atoms with Gasteiger partial charge in [-0.1, -0.05) is 71.6 Å². The van der Waals surface area contributed by atoms with Crippen LogP contribution in [0.25, 0.3) is 0 Å². The minimum Gasteiger partial charge on any atom is -0.449 e. The summed E-state index contributed by atoms with van der Waals surface area (Å²) in [6.45, 7) is 9.05. The number of halogens is 3. The van der Waals surface area contributed by atoms with Crippen molar-refractivity contribution in [1.82, 2.24) is 0 Å². The number of rotatable bonds is 13. The number of benzene rings is 1. The van der Waals surface area contributed by atoms with Gasteiger partial charge in [0.2, 0.25) is 0 Å². The van der Waals surface area contributed by atoms with Crippen molar-refractivity contribution in [2.75, 3.05) is 0 Å². The van der Waals surface area contributed by atoms with Crippen molar-refractivity contribution in [3.63, 3.8) is 0 Å². The van der Waals surface area contributed by atoms with Crippen LogP contribution in [0.4, 0.5) is 13.2 Å². The van der Waals surface area contributed by atoms with E-state index >= 15 is 0 Å². The van der Waals surface area contributed by atoms with Gasteiger partial charge in [0.1, 0.15) is 0 Å². The molecule has 3 fully saturated rings. The van der Waals surface area contributed by atoms with E-state index < -0.39 is 23.9 Å². The summed E-state index contributed by atoms with van der Waals surface area (Å²) < 4.78 is 46.3. The maximum atomic E-state index is 13.8. The Kier molecular flexibility index (Phi) is 11.1. The van der Waals surface area contributed by atoms with E-state index in [-0.39, 0.29) is 17.4 Å². The highest BCUT2D eigenvalue weighted by molar-refractivity contribution is 5.89. The van der Waals surface area contributed by atoms with E-state index in [1.54, 1.807) is 18.2 Å². The van der Waals surface area contributed by atoms with E-state index in [4.69, 9.17) is 4.74 Å². The lowest BCUT2D eigenvalue weighted by Crippen LogP contribution is -2.45. The van der Waals surface area contributed by atoms with E-state index in [0.717, 1.165) is 50.4 Å². The fourth-order valence-electron chi connectivity index (χ4n) is 9.58. The second-order valence-electron chi connectivity index (χ2n) is 14.5. The predicted molar refractivity (Wildman–Crippen MR) is 162 cm³/mol. The van der Waals surface area contributed by atoms with Gasteiger partial charge in [0, 0.05) is 0 Å². The molecule has 3 aliphatic rings. The molecule has 0 bridgehead atoms. The number of carbonyl (C=O) groups is 1. The molecule has 3 nitrogen and oxygen atoms in total. The highest BCUT2D eigenvalue weighted by atomic mass is 19.4. The van der Waals surface area contributed by atoms with Gasteiger partial charge in [-0.3, -0.25) is 0 Å². The number of hydrogen-bond acceptors (Lipinski definition) is 3. The van der Waals surface area contributed by atoms with Crippen molar-refractivity contribution >= 4 is 5.97 Å². The van der Waals surface area contributed by atoms with Gasteiger partial charge in [-0.2, -0.15) is 13.2 Å². The number of carbonyl (C=O) groups excluding carboxylic acids is 1. The molecule has 1 aromatic carbocycles. The Balaban J connectivity index is 1.30. The zero-order valence-corrected chi connectivity index (χ0v) is 26.4. The number of fused-ring (bicyclic) bond motifs is 3. The Bertz CT molecular complexity index is 996. The van der Waals surface area contributed by atoms with Crippen LogP contribution in [-0.4, -0.2) is 29.0 Å². The molecule has 0 heterocycles. The first-order valence-corrected chi connectivity index (χ1v) is 16.9. The molecule has 0 saturated heterocycles. The number of unbranched alkanes of at least 4 members (excludes halogenated alkanes) is 1. The fourth-order valence-corrected chi connectivity index (χ4v) is 9.58.